The molecule has 23 heavy (non-hydrogen) atoms. The van der Waals surface area contributed by atoms with Crippen LogP contribution in [0.5, 0.6) is 5.75 Å². The lowest BCUT2D eigenvalue weighted by atomic mass is 10.2. The van der Waals surface area contributed by atoms with Gasteiger partial charge < -0.3 is 9.26 Å². The van der Waals surface area contributed by atoms with Crippen LogP contribution in [0.3, 0.4) is 0 Å². The molecule has 1 aromatic rings. The lowest BCUT2D eigenvalue weighted by Gasteiger charge is -2.24. The number of hydrogen-bond donors (Lipinski definition) is 1. The van der Waals surface area contributed by atoms with Gasteiger partial charge in [0.2, 0.25) is 0 Å². The molecule has 0 radical (unpaired) electrons. The van der Waals surface area contributed by atoms with Crippen molar-refractivity contribution in [1.29, 1.82) is 0 Å². The van der Waals surface area contributed by atoms with Gasteiger partial charge in [0.25, 0.3) is 0 Å². The van der Waals surface area contributed by atoms with Crippen molar-refractivity contribution in [1.82, 2.24) is 5.09 Å². The molecule has 0 aliphatic heterocycles. The molecule has 1 rings (SSSR count). The Morgan fingerprint density at radius 2 is 1.74 bits per heavy atom. The largest absolute Gasteiger partial charge is 0.462 e. The topological polar surface area (TPSA) is 73.9 Å². The van der Waals surface area contributed by atoms with E-state index >= 15 is 0 Å². The quantitative estimate of drug-likeness (QED) is 0.543. The fourth-order valence-corrected chi connectivity index (χ4v) is 3.23. The van der Waals surface area contributed by atoms with Gasteiger partial charge in [-0.25, -0.2) is 4.57 Å². The molecule has 0 amide bonds. The maximum Gasteiger partial charge on any atom is 0.459 e. The van der Waals surface area contributed by atoms with Crippen LogP contribution < -0.4 is 9.61 Å². The monoisotopic (exact) mass is 343 g/mol. The van der Waals surface area contributed by atoms with Gasteiger partial charge in [-0.15, -0.1) is 0 Å². The first-order valence-electron chi connectivity index (χ1n) is 7.69. The molecule has 2 atom stereocenters. The molecule has 0 saturated heterocycles. The van der Waals surface area contributed by atoms with E-state index in [1.54, 1.807) is 45.0 Å². The summed E-state index contributed by atoms with van der Waals surface area (Å²) in [6.07, 6.45) is -0.252. The predicted octanol–water partition coefficient (Wildman–Crippen LogP) is 3.78. The van der Waals surface area contributed by atoms with E-state index in [-0.39, 0.29) is 18.6 Å². The summed E-state index contributed by atoms with van der Waals surface area (Å²) in [5.74, 6) is 0.0592. The third-order valence-electron chi connectivity index (χ3n) is 2.60. The lowest BCUT2D eigenvalue weighted by molar-refractivity contribution is -0.149. The van der Waals surface area contributed by atoms with Gasteiger partial charge in [0.15, 0.2) is 0 Å². The number of benzene rings is 1. The van der Waals surface area contributed by atoms with E-state index in [0.717, 1.165) is 0 Å². The van der Waals surface area contributed by atoms with Gasteiger partial charge in [0.05, 0.1) is 12.7 Å². The average molecular weight is 343 g/mol. The number of nitrogens with one attached hydrogen (secondary N) is 1. The van der Waals surface area contributed by atoms with Gasteiger partial charge in [-0.1, -0.05) is 32.0 Å². The van der Waals surface area contributed by atoms with Crippen molar-refractivity contribution in [2.75, 3.05) is 6.61 Å². The number of carbonyl (C=O) groups excluding carboxylic acids is 1. The molecule has 0 saturated carbocycles. The zero-order valence-electron chi connectivity index (χ0n) is 14.3. The summed E-state index contributed by atoms with van der Waals surface area (Å²) < 4.78 is 29.0. The Balaban J connectivity index is 2.82. The molecule has 1 aromatic carbocycles. The molecule has 0 spiro atoms. The van der Waals surface area contributed by atoms with Gasteiger partial charge in [-0.3, -0.25) is 9.32 Å². The van der Waals surface area contributed by atoms with Gasteiger partial charge >= 0.3 is 13.7 Å². The van der Waals surface area contributed by atoms with Crippen LogP contribution in [0.15, 0.2) is 30.3 Å². The SMILES string of the molecule is CC(C)COP(=O)(NC(C)C(=O)OC(C)C)Oc1ccccc1. The second-order valence-corrected chi connectivity index (χ2v) is 7.62. The van der Waals surface area contributed by atoms with Crippen LogP contribution in [0.1, 0.15) is 34.6 Å². The van der Waals surface area contributed by atoms with Gasteiger partial charge in [-0.05, 0) is 38.8 Å². The average Bonchev–Trinajstić information content (AvgIpc) is 2.45. The molecule has 130 valence electrons. The van der Waals surface area contributed by atoms with Gasteiger partial charge in [0, 0.05) is 0 Å². The van der Waals surface area contributed by atoms with Crippen molar-refractivity contribution >= 4 is 13.7 Å². The van der Waals surface area contributed by atoms with E-state index in [0.29, 0.717) is 5.75 Å². The third-order valence-corrected chi connectivity index (χ3v) is 4.25. The zero-order chi connectivity index (χ0) is 17.5. The summed E-state index contributed by atoms with van der Waals surface area (Å²) in [6.45, 7) is 9.17. The highest BCUT2D eigenvalue weighted by Crippen LogP contribution is 2.45. The number of rotatable bonds is 9. The Morgan fingerprint density at radius 3 is 2.26 bits per heavy atom. The van der Waals surface area contributed by atoms with Crippen LogP contribution in [-0.2, 0) is 18.6 Å². The third kappa shape index (κ3) is 7.64. The summed E-state index contributed by atoms with van der Waals surface area (Å²) in [6, 6.07) is 7.87. The lowest BCUT2D eigenvalue weighted by Crippen LogP contribution is -2.36. The minimum Gasteiger partial charge on any atom is -0.462 e. The molecular formula is C16H26NO5P. The fourth-order valence-electron chi connectivity index (χ4n) is 1.58. The highest BCUT2D eigenvalue weighted by atomic mass is 31.2. The van der Waals surface area contributed by atoms with Crippen molar-refractivity contribution < 1.29 is 23.1 Å². The predicted molar refractivity (Wildman–Crippen MR) is 89.3 cm³/mol. The van der Waals surface area contributed by atoms with Crippen LogP contribution in [0, 0.1) is 5.92 Å². The molecule has 0 aliphatic carbocycles. The van der Waals surface area contributed by atoms with E-state index in [9.17, 15) is 9.36 Å². The Morgan fingerprint density at radius 1 is 1.13 bits per heavy atom. The van der Waals surface area contributed by atoms with E-state index in [2.05, 4.69) is 5.09 Å². The summed E-state index contributed by atoms with van der Waals surface area (Å²) in [7, 11) is -3.70. The van der Waals surface area contributed by atoms with Crippen LogP contribution in [-0.4, -0.2) is 24.7 Å². The van der Waals surface area contributed by atoms with Crippen LogP contribution in [0.4, 0.5) is 0 Å². The molecule has 6 nitrogen and oxygen atoms in total. The number of hydrogen-bond acceptors (Lipinski definition) is 5. The minimum atomic E-state index is -3.70. The Labute approximate surface area is 138 Å². The van der Waals surface area contributed by atoms with Crippen molar-refractivity contribution in [3.8, 4) is 5.75 Å². The molecule has 1 N–H and O–H groups in total. The molecule has 0 fully saturated rings. The number of ether oxygens (including phenoxy) is 1. The van der Waals surface area contributed by atoms with Crippen molar-refractivity contribution in [2.45, 2.75) is 46.8 Å². The molecular weight excluding hydrogens is 317 g/mol. The number of carbonyl (C=O) groups is 1. The first-order valence-corrected chi connectivity index (χ1v) is 9.23. The van der Waals surface area contributed by atoms with E-state index in [4.69, 9.17) is 13.8 Å². The molecule has 2 unspecified atom stereocenters. The van der Waals surface area contributed by atoms with Crippen molar-refractivity contribution in [3.63, 3.8) is 0 Å². The summed E-state index contributed by atoms with van der Waals surface area (Å²) >= 11 is 0. The molecule has 0 aliphatic rings. The fraction of sp³-hybridized carbons (Fsp3) is 0.562. The first kappa shape index (κ1) is 19.7. The Bertz CT molecular complexity index is 533. The molecule has 0 heterocycles. The van der Waals surface area contributed by atoms with E-state index in [1.165, 1.54) is 0 Å². The maximum atomic E-state index is 12.9. The highest BCUT2D eigenvalue weighted by Gasteiger charge is 2.32. The van der Waals surface area contributed by atoms with Crippen LogP contribution in [0.2, 0.25) is 0 Å². The van der Waals surface area contributed by atoms with Gasteiger partial charge in [0.1, 0.15) is 11.8 Å². The van der Waals surface area contributed by atoms with E-state index in [1.807, 2.05) is 19.9 Å². The van der Waals surface area contributed by atoms with Gasteiger partial charge in [-0.2, -0.15) is 5.09 Å². The normalized spacial score (nSPS) is 15.3. The summed E-state index contributed by atoms with van der Waals surface area (Å²) in [5.41, 5.74) is 0. The standard InChI is InChI=1S/C16H26NO5P/c1-12(2)11-20-23(19,22-15-9-7-6-8-10-15)17-14(5)16(18)21-13(3)4/h6-10,12-14H,11H2,1-5H3,(H,17,19). The highest BCUT2D eigenvalue weighted by molar-refractivity contribution is 7.52. The van der Waals surface area contributed by atoms with Crippen molar-refractivity contribution in [2.24, 2.45) is 5.92 Å². The number of esters is 1. The number of para-hydroxylation sites is 1. The summed E-state index contributed by atoms with van der Waals surface area (Å²) in [5, 5.41) is 2.64. The second-order valence-electron chi connectivity index (χ2n) is 5.93. The zero-order valence-corrected chi connectivity index (χ0v) is 15.2. The van der Waals surface area contributed by atoms with Crippen LogP contribution >= 0.6 is 7.75 Å². The van der Waals surface area contributed by atoms with Crippen LogP contribution in [0.25, 0.3) is 0 Å². The van der Waals surface area contributed by atoms with Crippen molar-refractivity contribution in [3.05, 3.63) is 30.3 Å². The second kappa shape index (κ2) is 9.06. The Hall–Kier alpha value is -1.36. The molecule has 0 aromatic heterocycles. The first-order chi connectivity index (χ1) is 10.7. The summed E-state index contributed by atoms with van der Waals surface area (Å²) in [4.78, 5) is 11.9. The smallest absolute Gasteiger partial charge is 0.459 e. The minimum absolute atomic E-state index is 0.169. The Kier molecular flexibility index (Phi) is 7.76. The maximum absolute atomic E-state index is 12.9. The molecule has 7 heteroatoms. The molecule has 0 bridgehead atoms. The van der Waals surface area contributed by atoms with E-state index < -0.39 is 19.8 Å².